The van der Waals surface area contributed by atoms with Crippen LogP contribution in [0, 0.1) is 11.3 Å². The fraction of sp³-hybridized carbons (Fsp3) is 0.0556. The van der Waals surface area contributed by atoms with Crippen LogP contribution in [0.25, 0.3) is 0 Å². The molecule has 3 rings (SSSR count). The number of hydrogen-bond donors (Lipinski definition) is 1. The summed E-state index contributed by atoms with van der Waals surface area (Å²) < 4.78 is 0. The molecule has 0 bridgehead atoms. The van der Waals surface area contributed by atoms with Gasteiger partial charge in [-0.2, -0.15) is 5.26 Å². The topological polar surface area (TPSA) is 65.8 Å². The van der Waals surface area contributed by atoms with Gasteiger partial charge in [0.1, 0.15) is 0 Å². The fourth-order valence-electron chi connectivity index (χ4n) is 2.19. The van der Waals surface area contributed by atoms with E-state index in [4.69, 9.17) is 28.5 Å². The van der Waals surface area contributed by atoms with Gasteiger partial charge in [-0.05, 0) is 42.0 Å². The number of carbonyl (C=O) groups excluding carboxylic acids is 1. The molecule has 7 heteroatoms. The van der Waals surface area contributed by atoms with E-state index in [0.29, 0.717) is 32.7 Å². The van der Waals surface area contributed by atoms with Crippen molar-refractivity contribution < 1.29 is 4.79 Å². The summed E-state index contributed by atoms with van der Waals surface area (Å²) in [7, 11) is 0. The van der Waals surface area contributed by atoms with Crippen molar-refractivity contribution in [3.05, 3.63) is 80.3 Å². The molecule has 3 aromatic rings. The molecule has 0 radical (unpaired) electrons. The molecule has 0 saturated carbocycles. The van der Waals surface area contributed by atoms with E-state index >= 15 is 0 Å². The molecule has 1 aromatic heterocycles. The molecular weight excluding hydrogens is 377 g/mol. The molecule has 0 spiro atoms. The number of nitrogens with one attached hydrogen (secondary N) is 1. The van der Waals surface area contributed by atoms with E-state index in [2.05, 4.69) is 10.3 Å². The summed E-state index contributed by atoms with van der Waals surface area (Å²) in [5.74, 6) is -0.277. The zero-order valence-corrected chi connectivity index (χ0v) is 15.1. The van der Waals surface area contributed by atoms with Crippen LogP contribution in [0.15, 0.2) is 48.7 Å². The van der Waals surface area contributed by atoms with Gasteiger partial charge < -0.3 is 0 Å². The highest BCUT2D eigenvalue weighted by atomic mass is 35.5. The summed E-state index contributed by atoms with van der Waals surface area (Å²) in [5, 5.41) is 13.2. The van der Waals surface area contributed by atoms with Gasteiger partial charge in [0.05, 0.1) is 11.6 Å². The van der Waals surface area contributed by atoms with Crippen molar-refractivity contribution in [2.24, 2.45) is 0 Å². The Kier molecular flexibility index (Phi) is 5.34. The van der Waals surface area contributed by atoms with Gasteiger partial charge in [-0.15, -0.1) is 11.3 Å². The molecule has 2 aromatic carbocycles. The van der Waals surface area contributed by atoms with E-state index in [1.54, 1.807) is 48.7 Å². The van der Waals surface area contributed by atoms with Gasteiger partial charge in [-0.25, -0.2) is 4.98 Å². The van der Waals surface area contributed by atoms with E-state index in [9.17, 15) is 4.79 Å². The van der Waals surface area contributed by atoms with Crippen LogP contribution in [0.3, 0.4) is 0 Å². The number of benzene rings is 2. The Morgan fingerprint density at radius 3 is 2.48 bits per heavy atom. The van der Waals surface area contributed by atoms with Gasteiger partial charge in [0.2, 0.25) is 0 Å². The smallest absolute Gasteiger partial charge is 0.257 e. The van der Waals surface area contributed by atoms with Crippen LogP contribution in [-0.2, 0) is 6.42 Å². The Balaban J connectivity index is 1.71. The molecule has 4 nitrogen and oxygen atoms in total. The number of rotatable bonds is 4. The summed E-state index contributed by atoms with van der Waals surface area (Å²) >= 11 is 13.7. The Hall–Kier alpha value is -2.39. The number of carbonyl (C=O) groups is 1. The van der Waals surface area contributed by atoms with Crippen LogP contribution < -0.4 is 5.32 Å². The zero-order chi connectivity index (χ0) is 17.8. The third kappa shape index (κ3) is 4.18. The average Bonchev–Trinajstić information content (AvgIpc) is 3.05. The number of hydrogen-bond acceptors (Lipinski definition) is 4. The molecule has 0 aliphatic rings. The van der Waals surface area contributed by atoms with E-state index in [0.717, 1.165) is 10.4 Å². The largest absolute Gasteiger partial charge is 0.298 e. The number of aromatic nitrogens is 1. The SMILES string of the molecule is N#Cc1ccc(C(=O)Nc2ncc(Cc3c(Cl)cccc3Cl)s2)cc1. The molecule has 0 unspecified atom stereocenters. The van der Waals surface area contributed by atoms with Crippen molar-refractivity contribution in [3.8, 4) is 6.07 Å². The first-order valence-electron chi connectivity index (χ1n) is 7.26. The van der Waals surface area contributed by atoms with Crippen LogP contribution in [0.2, 0.25) is 10.0 Å². The Bertz CT molecular complexity index is 941. The van der Waals surface area contributed by atoms with Gasteiger partial charge in [-0.1, -0.05) is 29.3 Å². The van der Waals surface area contributed by atoms with E-state index < -0.39 is 0 Å². The lowest BCUT2D eigenvalue weighted by atomic mass is 10.1. The lowest BCUT2D eigenvalue weighted by Gasteiger charge is -2.04. The third-order valence-electron chi connectivity index (χ3n) is 3.46. The van der Waals surface area contributed by atoms with E-state index in [1.165, 1.54) is 11.3 Å². The lowest BCUT2D eigenvalue weighted by Crippen LogP contribution is -2.11. The highest BCUT2D eigenvalue weighted by Crippen LogP contribution is 2.29. The van der Waals surface area contributed by atoms with Crippen LogP contribution in [0.4, 0.5) is 5.13 Å². The maximum Gasteiger partial charge on any atom is 0.257 e. The normalized spacial score (nSPS) is 10.3. The standard InChI is InChI=1S/C18H11Cl2N3OS/c19-15-2-1-3-16(20)14(15)8-13-10-22-18(25-13)23-17(24)12-6-4-11(9-21)5-7-12/h1-7,10H,8H2,(H,22,23,24). The monoisotopic (exact) mass is 387 g/mol. The van der Waals surface area contributed by atoms with Crippen molar-refractivity contribution in [2.75, 3.05) is 5.32 Å². The van der Waals surface area contributed by atoms with Gasteiger partial charge in [0.15, 0.2) is 5.13 Å². The minimum Gasteiger partial charge on any atom is -0.298 e. The van der Waals surface area contributed by atoms with Crippen molar-refractivity contribution in [2.45, 2.75) is 6.42 Å². The number of halogens is 2. The molecule has 124 valence electrons. The van der Waals surface area contributed by atoms with Gasteiger partial charge >= 0.3 is 0 Å². The number of nitriles is 1. The summed E-state index contributed by atoms with van der Waals surface area (Å²) in [5.41, 5.74) is 1.80. The Labute approximate surface area is 158 Å². The number of nitrogens with zero attached hydrogens (tertiary/aromatic N) is 2. The Morgan fingerprint density at radius 1 is 1.16 bits per heavy atom. The molecule has 1 N–H and O–H groups in total. The van der Waals surface area contributed by atoms with Gasteiger partial charge in [0, 0.05) is 33.1 Å². The minimum atomic E-state index is -0.277. The van der Waals surface area contributed by atoms with Crippen molar-refractivity contribution in [1.82, 2.24) is 4.98 Å². The highest BCUT2D eigenvalue weighted by Gasteiger charge is 2.12. The molecule has 1 heterocycles. The number of thiazole rings is 1. The second-order valence-corrected chi connectivity index (χ2v) is 7.08. The van der Waals surface area contributed by atoms with Gasteiger partial charge in [-0.3, -0.25) is 10.1 Å². The average molecular weight is 388 g/mol. The first kappa shape index (κ1) is 17.4. The second-order valence-electron chi connectivity index (χ2n) is 5.15. The van der Waals surface area contributed by atoms with E-state index in [-0.39, 0.29) is 5.91 Å². The molecule has 25 heavy (non-hydrogen) atoms. The van der Waals surface area contributed by atoms with Crippen LogP contribution in [0.1, 0.15) is 26.4 Å². The van der Waals surface area contributed by atoms with Crippen molar-refractivity contribution in [3.63, 3.8) is 0 Å². The van der Waals surface area contributed by atoms with E-state index in [1.807, 2.05) is 6.07 Å². The minimum absolute atomic E-state index is 0.277. The van der Waals surface area contributed by atoms with Crippen LogP contribution in [-0.4, -0.2) is 10.9 Å². The van der Waals surface area contributed by atoms with Crippen LogP contribution >= 0.6 is 34.5 Å². The molecule has 0 aliphatic carbocycles. The quantitative estimate of drug-likeness (QED) is 0.671. The highest BCUT2D eigenvalue weighted by molar-refractivity contribution is 7.15. The summed E-state index contributed by atoms with van der Waals surface area (Å²) in [4.78, 5) is 17.4. The predicted octanol–water partition coefficient (Wildman–Crippen LogP) is 5.16. The predicted molar refractivity (Wildman–Crippen MR) is 100 cm³/mol. The first-order chi connectivity index (χ1) is 12.1. The zero-order valence-electron chi connectivity index (χ0n) is 12.8. The molecule has 0 saturated heterocycles. The van der Waals surface area contributed by atoms with Gasteiger partial charge in [0.25, 0.3) is 5.91 Å². The maximum atomic E-state index is 12.2. The van der Waals surface area contributed by atoms with Crippen molar-refractivity contribution in [1.29, 1.82) is 5.26 Å². The summed E-state index contributed by atoms with van der Waals surface area (Å²) in [6.45, 7) is 0. The first-order valence-corrected chi connectivity index (χ1v) is 8.83. The number of anilines is 1. The molecular formula is C18H11Cl2N3OS. The second kappa shape index (κ2) is 7.66. The van der Waals surface area contributed by atoms with Crippen molar-refractivity contribution >= 4 is 45.6 Å². The molecule has 1 amide bonds. The third-order valence-corrected chi connectivity index (χ3v) is 5.08. The summed E-state index contributed by atoms with van der Waals surface area (Å²) in [6, 6.07) is 13.8. The molecule has 0 atom stereocenters. The lowest BCUT2D eigenvalue weighted by molar-refractivity contribution is 0.102. The summed E-state index contributed by atoms with van der Waals surface area (Å²) in [6.07, 6.45) is 2.24. The molecule has 0 aliphatic heterocycles. The molecule has 0 fully saturated rings. The van der Waals surface area contributed by atoms with Crippen LogP contribution in [0.5, 0.6) is 0 Å². The fourth-order valence-corrected chi connectivity index (χ4v) is 3.54. The Morgan fingerprint density at radius 2 is 1.84 bits per heavy atom. The number of amides is 1. The maximum absolute atomic E-state index is 12.2.